The summed E-state index contributed by atoms with van der Waals surface area (Å²) in [6.07, 6.45) is 28.8. The highest BCUT2D eigenvalue weighted by molar-refractivity contribution is 4.47. The van der Waals surface area contributed by atoms with E-state index in [2.05, 4.69) is 32.1 Å². The SMILES string of the molecule is C.C.C.C.C.C.C.[2H]C#C.[2H]C#C.[2H]C#C.[2H]C#C.[2H]C#C. The van der Waals surface area contributed by atoms with Gasteiger partial charge in [0.25, 0.3) is 0 Å². The van der Waals surface area contributed by atoms with E-state index in [1.54, 1.807) is 0 Å². The molecule has 0 heterocycles. The van der Waals surface area contributed by atoms with Crippen LogP contribution in [-0.2, 0) is 0 Å². The molecule has 0 aromatic rings. The molecule has 106 valence electrons. The summed E-state index contributed by atoms with van der Waals surface area (Å²) in [6, 6.07) is 0. The van der Waals surface area contributed by atoms with Crippen molar-refractivity contribution in [2.75, 3.05) is 0 Å². The van der Waals surface area contributed by atoms with Crippen molar-refractivity contribution in [1.82, 2.24) is 0 Å². The Morgan fingerprint density at radius 3 is 0.353 bits per heavy atom. The maximum atomic E-state index is 5.74. The van der Waals surface area contributed by atoms with Gasteiger partial charge in [0.1, 0.15) is 6.85 Å². The van der Waals surface area contributed by atoms with Gasteiger partial charge in [-0.2, -0.15) is 0 Å². The average molecular weight is 248 g/mol. The smallest absolute Gasteiger partial charge is 0.124 e. The maximum Gasteiger partial charge on any atom is 0.124 e. The molecule has 0 rings (SSSR count). The van der Waals surface area contributed by atoms with Crippen LogP contribution in [0.2, 0.25) is 0 Å². The maximum absolute atomic E-state index is 5.74. The van der Waals surface area contributed by atoms with E-state index in [0.29, 0.717) is 0 Å². The van der Waals surface area contributed by atoms with Gasteiger partial charge in [-0.05, 0) is 0 Å². The minimum Gasteiger partial charge on any atom is -0.124 e. The molecular formula is C17H38. The van der Waals surface area contributed by atoms with Crippen molar-refractivity contribution in [2.45, 2.75) is 52.0 Å². The highest BCUT2D eigenvalue weighted by Crippen LogP contribution is 0.587. The monoisotopic (exact) mass is 247 g/mol. The second kappa shape index (κ2) is 467. The van der Waals surface area contributed by atoms with Crippen LogP contribution in [0, 0.1) is 64.1 Å². The molecule has 17 heavy (non-hydrogen) atoms. The summed E-state index contributed by atoms with van der Waals surface area (Å²) >= 11 is 0. The zero-order valence-corrected chi connectivity index (χ0v) is 5.39. The van der Waals surface area contributed by atoms with E-state index in [-0.39, 0.29) is 52.0 Å². The van der Waals surface area contributed by atoms with Gasteiger partial charge in [0.2, 0.25) is 0 Å². The molecular weight excluding hydrogens is 204 g/mol. The van der Waals surface area contributed by atoms with Crippen LogP contribution in [0.4, 0.5) is 0 Å². The van der Waals surface area contributed by atoms with Crippen LogP contribution >= 0.6 is 0 Å². The van der Waals surface area contributed by atoms with E-state index in [1.165, 1.54) is 32.0 Å². The van der Waals surface area contributed by atoms with E-state index >= 15 is 0 Å². The van der Waals surface area contributed by atoms with Gasteiger partial charge in [0, 0.05) is 0 Å². The van der Waals surface area contributed by atoms with Gasteiger partial charge in [-0.25, -0.2) is 0 Å². The number of rotatable bonds is 0. The van der Waals surface area contributed by atoms with Gasteiger partial charge in [-0.15, -0.1) is 64.1 Å². The van der Waals surface area contributed by atoms with Gasteiger partial charge in [-0.1, -0.05) is 52.0 Å². The summed E-state index contributed by atoms with van der Waals surface area (Å²) < 4.78 is 28.7. The Morgan fingerprint density at radius 2 is 0.353 bits per heavy atom. The molecule has 0 aromatic carbocycles. The van der Waals surface area contributed by atoms with Crippen molar-refractivity contribution < 1.29 is 6.85 Å². The van der Waals surface area contributed by atoms with Crippen molar-refractivity contribution in [1.29, 1.82) is 0 Å². The molecule has 0 heteroatoms. The Balaban J connectivity index is -0.00000000526. The van der Waals surface area contributed by atoms with Gasteiger partial charge < -0.3 is 0 Å². The number of hydrogen-bond acceptors (Lipinski definition) is 0. The molecule has 0 bridgehead atoms. The molecule has 0 amide bonds. The lowest BCUT2D eigenvalue weighted by Gasteiger charge is -0.701. The molecule has 0 aliphatic carbocycles. The topological polar surface area (TPSA) is 0 Å². The molecule has 0 radical (unpaired) electrons. The van der Waals surface area contributed by atoms with Gasteiger partial charge in [0.15, 0.2) is 0 Å². The summed E-state index contributed by atoms with van der Waals surface area (Å²) in [5.41, 5.74) is 0. The van der Waals surface area contributed by atoms with E-state index < -0.39 is 0 Å². The second-order valence-electron chi connectivity index (χ2n) is 0. The lowest BCUT2D eigenvalue weighted by Crippen LogP contribution is -0.576. The van der Waals surface area contributed by atoms with Gasteiger partial charge in [-0.3, -0.25) is 0 Å². The summed E-state index contributed by atoms with van der Waals surface area (Å²) in [4.78, 5) is 0. The van der Waals surface area contributed by atoms with Crippen molar-refractivity contribution in [3.63, 3.8) is 0 Å². The van der Waals surface area contributed by atoms with Crippen molar-refractivity contribution >= 4 is 0 Å². The third-order valence-corrected chi connectivity index (χ3v) is 0. The fourth-order valence-electron chi connectivity index (χ4n) is 0. The Hall–Kier alpha value is -2.20. The van der Waals surface area contributed by atoms with Crippen LogP contribution < -0.4 is 0 Å². The normalized spacial score (nSPS) is 2.65. The number of terminal acetylenes is 5. The highest BCUT2D eigenvalue weighted by Gasteiger charge is 0.462. The van der Waals surface area contributed by atoms with Gasteiger partial charge >= 0.3 is 0 Å². The fraction of sp³-hybridized carbons (Fsp3) is 0.412. The first-order valence-corrected chi connectivity index (χ1v) is 1.44. The molecule has 0 saturated carbocycles. The Labute approximate surface area is 124 Å². The van der Waals surface area contributed by atoms with Crippen LogP contribution in [0.1, 0.15) is 58.8 Å². The summed E-state index contributed by atoms with van der Waals surface area (Å²) in [6.45, 7) is 0. The highest BCUT2D eigenvalue weighted by atomic mass is 12.6. The predicted molar refractivity (Wildman–Crippen MR) is 96.6 cm³/mol. The standard InChI is InChI=1S/5C2H2.7CH4/c5*1-2;;;;;;;/h5*1-2H;7*1H4/i5*1D;;;;;;;. The van der Waals surface area contributed by atoms with Crippen LogP contribution in [0.5, 0.6) is 0 Å². The van der Waals surface area contributed by atoms with Crippen molar-refractivity contribution in [3.05, 3.63) is 0 Å². The van der Waals surface area contributed by atoms with E-state index in [0.717, 1.165) is 0 Å². The van der Waals surface area contributed by atoms with Crippen LogP contribution in [0.15, 0.2) is 0 Å². The third-order valence-electron chi connectivity index (χ3n) is 0. The minimum absolute atomic E-state index is 0. The predicted octanol–water partition coefficient (Wildman–Crippen LogP) is 5.70. The van der Waals surface area contributed by atoms with Gasteiger partial charge in [0.05, 0.1) is 0 Å². The van der Waals surface area contributed by atoms with Crippen LogP contribution in [-0.4, -0.2) is 0 Å². The molecule has 0 spiro atoms. The second-order valence-corrected chi connectivity index (χ2v) is 0. The van der Waals surface area contributed by atoms with Crippen molar-refractivity contribution in [3.8, 4) is 64.1 Å². The molecule has 0 unspecified atom stereocenters. The van der Waals surface area contributed by atoms with Crippen LogP contribution in [0.3, 0.4) is 0 Å². The average Bonchev–Trinajstić information content (AvgIpc) is 2.09. The molecule has 0 N–H and O–H groups in total. The summed E-state index contributed by atoms with van der Waals surface area (Å²) in [7, 11) is 0. The molecule has 0 nitrogen and oxygen atoms in total. The molecule has 0 saturated heterocycles. The molecule has 0 aromatic heterocycles. The third kappa shape index (κ3) is 397. The molecule has 0 aliphatic heterocycles. The number of hydrogen-bond donors (Lipinski definition) is 0. The molecule has 0 atom stereocenters. The summed E-state index contributed by atoms with van der Waals surface area (Å²) in [5.74, 6) is 0. The largest absolute Gasteiger partial charge is 0.124 e. The fourth-order valence-corrected chi connectivity index (χ4v) is 0. The Morgan fingerprint density at radius 1 is 0.353 bits per heavy atom. The first-order valence-electron chi connectivity index (χ1n) is 3.94. The minimum atomic E-state index is 0. The Bertz CT molecular complexity index is 194. The first kappa shape index (κ1) is 46.3. The lowest BCUT2D eigenvalue weighted by molar-refractivity contribution is 2.50. The zero-order chi connectivity index (χ0) is 13.5. The quantitative estimate of drug-likeness (QED) is 0.482. The molecule has 0 aliphatic rings. The van der Waals surface area contributed by atoms with E-state index in [9.17, 15) is 0 Å². The first-order chi connectivity index (χ1) is 7.07. The summed E-state index contributed by atoms with van der Waals surface area (Å²) in [5, 5.41) is 0. The van der Waals surface area contributed by atoms with Crippen molar-refractivity contribution in [2.24, 2.45) is 0 Å². The molecule has 0 fully saturated rings. The Kier molecular flexibility index (Phi) is 1270. The zero-order valence-electron chi connectivity index (χ0n) is 10.4. The van der Waals surface area contributed by atoms with Crippen LogP contribution in [0.25, 0.3) is 0 Å². The van der Waals surface area contributed by atoms with E-state index in [1.807, 2.05) is 0 Å². The van der Waals surface area contributed by atoms with E-state index in [4.69, 9.17) is 6.85 Å². The lowest BCUT2D eigenvalue weighted by atomic mass is 11.4.